The van der Waals surface area contributed by atoms with Crippen LogP contribution in [0.15, 0.2) is 0 Å². The van der Waals surface area contributed by atoms with Gasteiger partial charge in [-0.25, -0.2) is 0 Å². The van der Waals surface area contributed by atoms with Crippen LogP contribution in [-0.2, 0) is 9.53 Å². The number of carbonyl (C=O) groups is 1. The smallest absolute Gasteiger partial charge is 0.246 e. The fourth-order valence-electron chi connectivity index (χ4n) is 2.08. The molecule has 0 bridgehead atoms. The molecule has 0 spiro atoms. The topological polar surface area (TPSA) is 50.4 Å². The first-order valence-electron chi connectivity index (χ1n) is 6.51. The minimum Gasteiger partial charge on any atom is -0.366 e. The number of rotatable bonds is 4. The molecule has 0 aliphatic heterocycles. The van der Waals surface area contributed by atoms with Gasteiger partial charge in [0.2, 0.25) is 5.91 Å². The van der Waals surface area contributed by atoms with Crippen LogP contribution in [0, 0.1) is 0 Å². The predicted octanol–water partition coefficient (Wildman–Crippen LogP) is 1.45. The zero-order valence-corrected chi connectivity index (χ0v) is 11.5. The molecule has 0 unspecified atom stereocenters. The lowest BCUT2D eigenvalue weighted by molar-refractivity contribution is -0.131. The van der Waals surface area contributed by atoms with E-state index < -0.39 is 0 Å². The average molecular weight is 242 g/mol. The van der Waals surface area contributed by atoms with Crippen LogP contribution in [0.4, 0.5) is 0 Å². The first-order valence-corrected chi connectivity index (χ1v) is 6.51. The van der Waals surface area contributed by atoms with Gasteiger partial charge in [-0.15, -0.1) is 0 Å². The van der Waals surface area contributed by atoms with Gasteiger partial charge >= 0.3 is 0 Å². The fraction of sp³-hybridized carbons (Fsp3) is 0.923. The van der Waals surface area contributed by atoms with E-state index in [1.165, 1.54) is 0 Å². The summed E-state index contributed by atoms with van der Waals surface area (Å²) in [5.41, 5.74) is -0.249. The molecular weight excluding hydrogens is 216 g/mol. The molecule has 17 heavy (non-hydrogen) atoms. The molecule has 0 aromatic carbocycles. The number of amides is 1. The van der Waals surface area contributed by atoms with Gasteiger partial charge in [0.1, 0.15) is 6.61 Å². The Bertz CT molecular complexity index is 240. The molecule has 1 amide bonds. The van der Waals surface area contributed by atoms with Crippen molar-refractivity contribution in [3.8, 4) is 0 Å². The Hall–Kier alpha value is -0.610. The molecule has 1 aliphatic rings. The number of hydrogen-bond donors (Lipinski definition) is 2. The predicted molar refractivity (Wildman–Crippen MR) is 69.0 cm³/mol. The first kappa shape index (κ1) is 14.5. The lowest BCUT2D eigenvalue weighted by Crippen LogP contribution is -2.43. The molecule has 4 heteroatoms. The molecule has 0 aromatic rings. The van der Waals surface area contributed by atoms with E-state index in [1.807, 2.05) is 27.8 Å². The molecule has 0 saturated heterocycles. The quantitative estimate of drug-likeness (QED) is 0.784. The molecule has 1 saturated carbocycles. The van der Waals surface area contributed by atoms with Crippen LogP contribution in [-0.4, -0.2) is 37.2 Å². The summed E-state index contributed by atoms with van der Waals surface area (Å²) in [5.74, 6) is 0.00725. The highest BCUT2D eigenvalue weighted by molar-refractivity contribution is 5.77. The number of hydrogen-bond acceptors (Lipinski definition) is 3. The van der Waals surface area contributed by atoms with E-state index in [0.717, 1.165) is 25.7 Å². The van der Waals surface area contributed by atoms with Crippen molar-refractivity contribution in [1.29, 1.82) is 0 Å². The van der Waals surface area contributed by atoms with Crippen LogP contribution in [0.25, 0.3) is 0 Å². The van der Waals surface area contributed by atoms with Gasteiger partial charge in [0.05, 0.1) is 5.60 Å². The average Bonchev–Trinajstić information content (AvgIpc) is 2.27. The molecule has 0 atom stereocenters. The van der Waals surface area contributed by atoms with Crippen molar-refractivity contribution in [2.24, 2.45) is 0 Å². The summed E-state index contributed by atoms with van der Waals surface area (Å²) in [7, 11) is 2.00. The van der Waals surface area contributed by atoms with Crippen LogP contribution in [0.2, 0.25) is 0 Å². The zero-order chi connectivity index (χ0) is 12.9. The maximum Gasteiger partial charge on any atom is 0.246 e. The zero-order valence-electron chi connectivity index (χ0n) is 11.5. The van der Waals surface area contributed by atoms with Crippen LogP contribution >= 0.6 is 0 Å². The highest BCUT2D eigenvalue weighted by Gasteiger charge is 2.21. The lowest BCUT2D eigenvalue weighted by atomic mass is 9.91. The van der Waals surface area contributed by atoms with E-state index in [9.17, 15) is 4.79 Å². The van der Waals surface area contributed by atoms with E-state index in [-0.39, 0.29) is 18.1 Å². The van der Waals surface area contributed by atoms with Crippen LogP contribution in [0.3, 0.4) is 0 Å². The van der Waals surface area contributed by atoms with Gasteiger partial charge in [-0.1, -0.05) is 0 Å². The largest absolute Gasteiger partial charge is 0.366 e. The first-order chi connectivity index (χ1) is 7.90. The van der Waals surface area contributed by atoms with Gasteiger partial charge in [-0.2, -0.15) is 0 Å². The Labute approximate surface area is 104 Å². The van der Waals surface area contributed by atoms with Crippen molar-refractivity contribution in [2.45, 2.75) is 64.1 Å². The second kappa shape index (κ2) is 6.36. The summed E-state index contributed by atoms with van der Waals surface area (Å²) < 4.78 is 5.45. The third-order valence-electron chi connectivity index (χ3n) is 3.14. The van der Waals surface area contributed by atoms with Gasteiger partial charge in [0.15, 0.2) is 0 Å². The Balaban J connectivity index is 2.19. The molecule has 100 valence electrons. The summed E-state index contributed by atoms with van der Waals surface area (Å²) in [6.07, 6.45) is 4.41. The van der Waals surface area contributed by atoms with Crippen LogP contribution < -0.4 is 10.6 Å². The van der Waals surface area contributed by atoms with E-state index in [4.69, 9.17) is 4.74 Å². The normalized spacial score (nSPS) is 25.6. The fourth-order valence-corrected chi connectivity index (χ4v) is 2.08. The molecule has 0 heterocycles. The number of ether oxygens (including phenoxy) is 1. The van der Waals surface area contributed by atoms with E-state index in [0.29, 0.717) is 12.1 Å². The van der Waals surface area contributed by atoms with Gasteiger partial charge in [-0.05, 0) is 53.5 Å². The summed E-state index contributed by atoms with van der Waals surface area (Å²) >= 11 is 0. The SMILES string of the molecule is CNC1CCC(NC(=O)COC(C)(C)C)CC1. The van der Waals surface area contributed by atoms with Gasteiger partial charge in [0, 0.05) is 12.1 Å². The summed E-state index contributed by atoms with van der Waals surface area (Å²) in [5, 5.41) is 6.33. The second-order valence-corrected chi connectivity index (χ2v) is 5.81. The molecule has 1 rings (SSSR count). The molecule has 0 aromatic heterocycles. The lowest BCUT2D eigenvalue weighted by Gasteiger charge is -2.29. The molecule has 1 aliphatic carbocycles. The second-order valence-electron chi connectivity index (χ2n) is 5.81. The van der Waals surface area contributed by atoms with Gasteiger partial charge in [0.25, 0.3) is 0 Å². The maximum absolute atomic E-state index is 11.7. The third kappa shape index (κ3) is 6.03. The van der Waals surface area contributed by atoms with Crippen LogP contribution in [0.1, 0.15) is 46.5 Å². The highest BCUT2D eigenvalue weighted by atomic mass is 16.5. The maximum atomic E-state index is 11.7. The Kier molecular flexibility index (Phi) is 5.40. The van der Waals surface area contributed by atoms with E-state index >= 15 is 0 Å². The molecule has 1 fully saturated rings. The summed E-state index contributed by atoms with van der Waals surface area (Å²) in [4.78, 5) is 11.7. The van der Waals surface area contributed by atoms with Gasteiger partial charge in [-0.3, -0.25) is 4.79 Å². The van der Waals surface area contributed by atoms with Crippen molar-refractivity contribution < 1.29 is 9.53 Å². The molecule has 0 radical (unpaired) electrons. The number of nitrogens with one attached hydrogen (secondary N) is 2. The molecular formula is C13H26N2O2. The Morgan fingerprint density at radius 2 is 1.71 bits per heavy atom. The van der Waals surface area contributed by atoms with Crippen molar-refractivity contribution in [2.75, 3.05) is 13.7 Å². The van der Waals surface area contributed by atoms with Crippen molar-refractivity contribution >= 4 is 5.91 Å². The highest BCUT2D eigenvalue weighted by Crippen LogP contribution is 2.18. The minimum atomic E-state index is -0.249. The summed E-state index contributed by atoms with van der Waals surface area (Å²) in [6, 6.07) is 0.949. The van der Waals surface area contributed by atoms with E-state index in [1.54, 1.807) is 0 Å². The summed E-state index contributed by atoms with van der Waals surface area (Å²) in [6.45, 7) is 6.03. The van der Waals surface area contributed by atoms with E-state index in [2.05, 4.69) is 10.6 Å². The Morgan fingerprint density at radius 1 is 1.18 bits per heavy atom. The van der Waals surface area contributed by atoms with Crippen molar-refractivity contribution in [3.05, 3.63) is 0 Å². The monoisotopic (exact) mass is 242 g/mol. The minimum absolute atomic E-state index is 0.00725. The van der Waals surface area contributed by atoms with Crippen molar-refractivity contribution in [1.82, 2.24) is 10.6 Å². The molecule has 2 N–H and O–H groups in total. The Morgan fingerprint density at radius 3 is 2.18 bits per heavy atom. The third-order valence-corrected chi connectivity index (χ3v) is 3.14. The van der Waals surface area contributed by atoms with Gasteiger partial charge < -0.3 is 15.4 Å². The van der Waals surface area contributed by atoms with Crippen LogP contribution in [0.5, 0.6) is 0 Å². The number of carbonyl (C=O) groups excluding carboxylic acids is 1. The van der Waals surface area contributed by atoms with Crippen molar-refractivity contribution in [3.63, 3.8) is 0 Å². The molecule has 4 nitrogen and oxygen atoms in total. The standard InChI is InChI=1S/C13H26N2O2/c1-13(2,3)17-9-12(16)15-11-7-5-10(14-4)6-8-11/h10-11,14H,5-9H2,1-4H3,(H,15,16).